The number of para-hydroxylation sites is 1. The zero-order valence-corrected chi connectivity index (χ0v) is 12.0. The van der Waals surface area contributed by atoms with Gasteiger partial charge in [-0.15, -0.1) is 4.89 Å². The van der Waals surface area contributed by atoms with E-state index < -0.39 is 8.25 Å². The Morgan fingerprint density at radius 1 is 1.10 bits per heavy atom. The molecule has 0 bridgehead atoms. The van der Waals surface area contributed by atoms with Crippen LogP contribution in [0.15, 0.2) is 42.5 Å². The first kappa shape index (κ1) is 14.3. The number of ether oxygens (including phenoxy) is 2. The van der Waals surface area contributed by atoms with Gasteiger partial charge in [0.25, 0.3) is 5.75 Å². The fraction of sp³-hybridized carbons (Fsp3) is 0.143. The average Bonchev–Trinajstić information content (AvgIpc) is 2.40. The van der Waals surface area contributed by atoms with Gasteiger partial charge in [-0.1, -0.05) is 18.2 Å². The van der Waals surface area contributed by atoms with Gasteiger partial charge in [0, 0.05) is 4.57 Å². The molecule has 0 aliphatic carbocycles. The third kappa shape index (κ3) is 3.47. The second kappa shape index (κ2) is 6.37. The second-order valence-corrected chi connectivity index (χ2v) is 4.69. The van der Waals surface area contributed by atoms with Crippen molar-refractivity contribution in [3.63, 3.8) is 0 Å². The van der Waals surface area contributed by atoms with E-state index in [0.29, 0.717) is 17.2 Å². The molecule has 20 heavy (non-hydrogen) atoms. The quantitative estimate of drug-likeness (QED) is 0.849. The van der Waals surface area contributed by atoms with E-state index in [1.165, 1.54) is 7.11 Å². The second-order valence-electron chi connectivity index (χ2n) is 4.04. The lowest BCUT2D eigenvalue weighted by atomic mass is 10.2. The van der Waals surface area contributed by atoms with Gasteiger partial charge in [0.05, 0.1) is 7.11 Å². The maximum absolute atomic E-state index is 10.9. The van der Waals surface area contributed by atoms with Crippen LogP contribution in [0.4, 0.5) is 0 Å². The minimum absolute atomic E-state index is 0.0973. The molecule has 2 rings (SSSR count). The van der Waals surface area contributed by atoms with Crippen LogP contribution in [-0.2, 0) is 4.57 Å². The molecule has 0 aromatic heterocycles. The van der Waals surface area contributed by atoms with Gasteiger partial charge in [0.2, 0.25) is 0 Å². The molecule has 0 amide bonds. The van der Waals surface area contributed by atoms with E-state index in [1.807, 2.05) is 25.1 Å². The minimum atomic E-state index is -2.81. The molecule has 2 aromatic rings. The summed E-state index contributed by atoms with van der Waals surface area (Å²) in [4.78, 5) is 8.94. The molecule has 0 aliphatic heterocycles. The molecule has 2 aromatic carbocycles. The third-order valence-corrected chi connectivity index (χ3v) is 2.89. The minimum Gasteiger partial charge on any atom is -0.492 e. The molecule has 1 N–H and O–H groups in total. The fourth-order valence-electron chi connectivity index (χ4n) is 1.71. The van der Waals surface area contributed by atoms with Gasteiger partial charge in [0.15, 0.2) is 11.5 Å². The molecule has 0 aliphatic rings. The summed E-state index contributed by atoms with van der Waals surface area (Å²) >= 11 is 0. The van der Waals surface area contributed by atoms with E-state index >= 15 is 0 Å². The van der Waals surface area contributed by atoms with Crippen molar-refractivity contribution in [1.29, 1.82) is 0 Å². The highest BCUT2D eigenvalue weighted by Gasteiger charge is 2.23. The summed E-state index contributed by atoms with van der Waals surface area (Å²) < 4.78 is 26.6. The summed E-state index contributed by atoms with van der Waals surface area (Å²) in [6.07, 6.45) is 0. The van der Waals surface area contributed by atoms with Crippen LogP contribution in [0.25, 0.3) is 0 Å². The Kier molecular flexibility index (Phi) is 4.56. The highest BCUT2D eigenvalue weighted by molar-refractivity contribution is 7.32. The van der Waals surface area contributed by atoms with Gasteiger partial charge in [-0.2, -0.15) is 0 Å². The smallest absolute Gasteiger partial charge is 0.492 e. The lowest BCUT2D eigenvalue weighted by molar-refractivity contribution is 0.358. The normalized spacial score (nSPS) is 10.8. The molecule has 104 valence electrons. The van der Waals surface area contributed by atoms with Crippen molar-refractivity contribution in [2.75, 3.05) is 7.11 Å². The van der Waals surface area contributed by atoms with E-state index in [2.05, 4.69) is 0 Å². The average molecular weight is 293 g/mol. The van der Waals surface area contributed by atoms with Crippen molar-refractivity contribution in [3.05, 3.63) is 48.0 Å². The largest absolute Gasteiger partial charge is 0.747 e. The number of aryl methyl sites for hydroxylation is 1. The van der Waals surface area contributed by atoms with Gasteiger partial charge in [0.1, 0.15) is 5.75 Å². The molecule has 0 heterocycles. The van der Waals surface area contributed by atoms with Crippen molar-refractivity contribution in [3.8, 4) is 23.0 Å². The molecule has 1 unspecified atom stereocenters. The van der Waals surface area contributed by atoms with Crippen LogP contribution in [-0.4, -0.2) is 12.0 Å². The van der Waals surface area contributed by atoms with Crippen molar-refractivity contribution < 1.29 is 23.5 Å². The summed E-state index contributed by atoms with van der Waals surface area (Å²) in [5, 5.41) is 0. The summed E-state index contributed by atoms with van der Waals surface area (Å²) in [5.41, 5.74) is 1.04. The number of methoxy groups -OCH3 is 1. The lowest BCUT2D eigenvalue weighted by Crippen LogP contribution is -1.93. The van der Waals surface area contributed by atoms with Gasteiger partial charge >= 0.3 is 8.25 Å². The Labute approximate surface area is 117 Å². The molecule has 0 saturated heterocycles. The zero-order chi connectivity index (χ0) is 14.5. The first-order chi connectivity index (χ1) is 9.60. The van der Waals surface area contributed by atoms with Crippen LogP contribution < -0.4 is 14.0 Å². The van der Waals surface area contributed by atoms with E-state index in [0.717, 1.165) is 5.56 Å². The monoisotopic (exact) mass is 293 g/mol. The predicted octanol–water partition coefficient (Wildman–Crippen LogP) is 3.82. The first-order valence-corrected chi connectivity index (χ1v) is 6.99. The molecular weight excluding hydrogens is 279 g/mol. The highest BCUT2D eigenvalue weighted by atomic mass is 31.1. The van der Waals surface area contributed by atoms with Gasteiger partial charge in [-0.05, 0) is 36.8 Å². The van der Waals surface area contributed by atoms with Crippen LogP contribution in [0.5, 0.6) is 23.0 Å². The Morgan fingerprint density at radius 2 is 1.80 bits per heavy atom. The molecule has 1 atom stereocenters. The number of hydrogen-bond donors (Lipinski definition) is 1. The molecule has 6 heteroatoms. The van der Waals surface area contributed by atoms with Gasteiger partial charge < -0.3 is 9.47 Å². The molecule has 0 saturated carbocycles. The zero-order valence-electron chi connectivity index (χ0n) is 11.1. The Morgan fingerprint density at radius 3 is 2.45 bits per heavy atom. The van der Waals surface area contributed by atoms with Gasteiger partial charge in [-0.25, -0.2) is 4.52 Å². The van der Waals surface area contributed by atoms with Crippen molar-refractivity contribution >= 4 is 8.25 Å². The van der Waals surface area contributed by atoms with Crippen LogP contribution in [0.3, 0.4) is 0 Å². The first-order valence-electron chi connectivity index (χ1n) is 5.86. The fourth-order valence-corrected chi connectivity index (χ4v) is 2.05. The van der Waals surface area contributed by atoms with Crippen LogP contribution in [0.2, 0.25) is 0 Å². The van der Waals surface area contributed by atoms with Gasteiger partial charge in [-0.3, -0.25) is 0 Å². The van der Waals surface area contributed by atoms with Crippen molar-refractivity contribution in [2.24, 2.45) is 0 Å². The maximum Gasteiger partial charge on any atom is 0.747 e. The number of benzene rings is 2. The number of hydrogen-bond acceptors (Lipinski definition) is 4. The summed E-state index contributed by atoms with van der Waals surface area (Å²) in [6.45, 7) is 1.94. The standard InChI is InChI=1S/C14H13O5P/c1-10-5-3-6-11(9-10)18-13-8-4-7-12(17-2)14(13)19-20(15)16/h3-9H,1-2H3/p+1. The lowest BCUT2D eigenvalue weighted by Gasteiger charge is -2.10. The molecular formula is C14H14O5P+. The SMILES string of the molecule is COc1cccc(Oc2cccc(C)c2)c1O[P+](=O)O. The van der Waals surface area contributed by atoms with E-state index in [9.17, 15) is 4.57 Å². The highest BCUT2D eigenvalue weighted by Crippen LogP contribution is 2.42. The van der Waals surface area contributed by atoms with Crippen molar-refractivity contribution in [1.82, 2.24) is 0 Å². The number of rotatable bonds is 5. The van der Waals surface area contributed by atoms with Crippen LogP contribution in [0.1, 0.15) is 5.56 Å². The van der Waals surface area contributed by atoms with E-state index in [-0.39, 0.29) is 5.75 Å². The van der Waals surface area contributed by atoms with E-state index in [1.54, 1.807) is 24.3 Å². The summed E-state index contributed by atoms with van der Waals surface area (Å²) in [5.74, 6) is 1.34. The summed E-state index contributed by atoms with van der Waals surface area (Å²) in [6, 6.07) is 12.4. The molecule has 5 nitrogen and oxygen atoms in total. The van der Waals surface area contributed by atoms with Crippen LogP contribution in [0, 0.1) is 6.92 Å². The summed E-state index contributed by atoms with van der Waals surface area (Å²) in [7, 11) is -1.36. The van der Waals surface area contributed by atoms with Crippen molar-refractivity contribution in [2.45, 2.75) is 6.92 Å². The molecule has 0 radical (unpaired) electrons. The predicted molar refractivity (Wildman–Crippen MR) is 74.7 cm³/mol. The Balaban J connectivity index is 2.37. The van der Waals surface area contributed by atoms with Crippen LogP contribution >= 0.6 is 8.25 Å². The topological polar surface area (TPSA) is 65.0 Å². The molecule has 0 fully saturated rings. The Hall–Kier alpha value is -2.10. The third-order valence-electron chi connectivity index (χ3n) is 2.55. The maximum atomic E-state index is 10.9. The molecule has 0 spiro atoms. The Bertz CT molecular complexity index is 627. The van der Waals surface area contributed by atoms with E-state index in [4.69, 9.17) is 18.9 Å².